The molecule has 0 fully saturated rings. The molecular weight excluding hydrogens is 316 g/mol. The highest BCUT2D eigenvalue weighted by Gasteiger charge is 2.09. The molecule has 1 atom stereocenters. The first-order valence-electron chi connectivity index (χ1n) is 8.36. The zero-order valence-electron chi connectivity index (χ0n) is 14.9. The van der Waals surface area contributed by atoms with E-state index >= 15 is 0 Å². The first-order valence-corrected chi connectivity index (χ1v) is 8.36. The summed E-state index contributed by atoms with van der Waals surface area (Å²) in [5.41, 5.74) is 3.24. The predicted octanol–water partition coefficient (Wildman–Crippen LogP) is 4.73. The van der Waals surface area contributed by atoms with Crippen molar-refractivity contribution in [2.45, 2.75) is 33.5 Å². The van der Waals surface area contributed by atoms with E-state index in [1.54, 1.807) is 6.92 Å². The molecule has 0 aliphatic rings. The zero-order valence-corrected chi connectivity index (χ0v) is 14.9. The first-order chi connectivity index (χ1) is 12.1. The largest absolute Gasteiger partial charge is 0.493 e. The molecule has 2 aromatic rings. The fourth-order valence-electron chi connectivity index (χ4n) is 2.41. The van der Waals surface area contributed by atoms with Crippen LogP contribution in [0.5, 0.6) is 5.75 Å². The molecule has 4 heteroatoms. The molecule has 0 aliphatic heterocycles. The molecular formula is C21H24O4. The van der Waals surface area contributed by atoms with Gasteiger partial charge in [-0.15, -0.1) is 0 Å². The fraction of sp³-hybridized carbons (Fsp3) is 0.286. The molecule has 2 rings (SSSR count). The van der Waals surface area contributed by atoms with Crippen molar-refractivity contribution in [2.75, 3.05) is 6.61 Å². The van der Waals surface area contributed by atoms with E-state index in [1.807, 2.05) is 62.4 Å². The Kier molecular flexibility index (Phi) is 7.08. The standard InChI is InChI=1S/C21H24O4/c1-4-23-21(22)12-13-24-17(3)20-11-10-19(14-16(20)2)25-15-18-8-6-5-7-9-18/h5-14,17H,4,15H2,1-3H3/b13-12+. The second-order valence-electron chi connectivity index (χ2n) is 5.63. The van der Waals surface area contributed by atoms with Gasteiger partial charge in [-0.3, -0.25) is 0 Å². The highest BCUT2D eigenvalue weighted by Crippen LogP contribution is 2.25. The highest BCUT2D eigenvalue weighted by atomic mass is 16.5. The van der Waals surface area contributed by atoms with E-state index < -0.39 is 5.97 Å². The SMILES string of the molecule is CCOC(=O)/C=C/OC(C)c1ccc(OCc2ccccc2)cc1C. The number of carbonyl (C=O) groups excluding carboxylic acids is 1. The Labute approximate surface area is 149 Å². The minimum Gasteiger partial charge on any atom is -0.493 e. The summed E-state index contributed by atoms with van der Waals surface area (Å²) in [5, 5.41) is 0. The van der Waals surface area contributed by atoms with Crippen molar-refractivity contribution in [1.82, 2.24) is 0 Å². The molecule has 132 valence electrons. The molecule has 0 spiro atoms. The van der Waals surface area contributed by atoms with Crippen LogP contribution in [0.1, 0.15) is 36.6 Å². The van der Waals surface area contributed by atoms with Crippen LogP contribution < -0.4 is 4.74 Å². The van der Waals surface area contributed by atoms with Crippen LogP contribution in [0.25, 0.3) is 0 Å². The van der Waals surface area contributed by atoms with Gasteiger partial charge in [0.2, 0.25) is 0 Å². The van der Waals surface area contributed by atoms with E-state index in [0.717, 1.165) is 22.4 Å². The molecule has 0 amide bonds. The summed E-state index contributed by atoms with van der Waals surface area (Å²) >= 11 is 0. The third-order valence-electron chi connectivity index (χ3n) is 3.70. The van der Waals surface area contributed by atoms with Gasteiger partial charge in [-0.1, -0.05) is 36.4 Å². The second-order valence-corrected chi connectivity index (χ2v) is 5.63. The minimum absolute atomic E-state index is 0.172. The zero-order chi connectivity index (χ0) is 18.1. The summed E-state index contributed by atoms with van der Waals surface area (Å²) in [4.78, 5) is 11.3. The lowest BCUT2D eigenvalue weighted by Gasteiger charge is -2.16. The Balaban J connectivity index is 1.93. The van der Waals surface area contributed by atoms with Gasteiger partial charge >= 0.3 is 5.97 Å². The van der Waals surface area contributed by atoms with Crippen LogP contribution in [0.2, 0.25) is 0 Å². The monoisotopic (exact) mass is 340 g/mol. The average Bonchev–Trinajstić information content (AvgIpc) is 2.61. The quantitative estimate of drug-likeness (QED) is 0.396. The van der Waals surface area contributed by atoms with Crippen LogP contribution in [0.15, 0.2) is 60.9 Å². The molecule has 0 aromatic heterocycles. The van der Waals surface area contributed by atoms with Gasteiger partial charge in [0, 0.05) is 0 Å². The lowest BCUT2D eigenvalue weighted by atomic mass is 10.0. The van der Waals surface area contributed by atoms with Crippen LogP contribution in [0.3, 0.4) is 0 Å². The van der Waals surface area contributed by atoms with Crippen LogP contribution >= 0.6 is 0 Å². The predicted molar refractivity (Wildman–Crippen MR) is 97.2 cm³/mol. The van der Waals surface area contributed by atoms with Gasteiger partial charge in [0.05, 0.1) is 18.9 Å². The lowest BCUT2D eigenvalue weighted by Crippen LogP contribution is -2.02. The molecule has 0 bridgehead atoms. The fourth-order valence-corrected chi connectivity index (χ4v) is 2.41. The number of ether oxygens (including phenoxy) is 3. The van der Waals surface area contributed by atoms with Crippen molar-refractivity contribution < 1.29 is 19.0 Å². The lowest BCUT2D eigenvalue weighted by molar-refractivity contribution is -0.137. The molecule has 0 saturated carbocycles. The molecule has 4 nitrogen and oxygen atoms in total. The maximum atomic E-state index is 11.3. The molecule has 0 N–H and O–H groups in total. The van der Waals surface area contributed by atoms with E-state index in [1.165, 1.54) is 12.3 Å². The summed E-state index contributed by atoms with van der Waals surface area (Å²) in [7, 11) is 0. The molecule has 0 aliphatic carbocycles. The smallest absolute Gasteiger partial charge is 0.333 e. The summed E-state index contributed by atoms with van der Waals surface area (Å²) in [6, 6.07) is 16.0. The van der Waals surface area contributed by atoms with Gasteiger partial charge in [0.1, 0.15) is 18.5 Å². The van der Waals surface area contributed by atoms with E-state index in [4.69, 9.17) is 14.2 Å². The maximum absolute atomic E-state index is 11.3. The Morgan fingerprint density at radius 3 is 2.60 bits per heavy atom. The molecule has 0 saturated heterocycles. The van der Waals surface area contributed by atoms with Crippen LogP contribution in [-0.4, -0.2) is 12.6 Å². The number of hydrogen-bond acceptors (Lipinski definition) is 4. The van der Waals surface area contributed by atoms with Gasteiger partial charge < -0.3 is 14.2 Å². The third kappa shape index (κ3) is 5.99. The van der Waals surface area contributed by atoms with Crippen LogP contribution in [-0.2, 0) is 20.9 Å². The number of hydrogen-bond donors (Lipinski definition) is 0. The summed E-state index contributed by atoms with van der Waals surface area (Å²) in [6.45, 7) is 6.60. The molecule has 0 heterocycles. The summed E-state index contributed by atoms with van der Waals surface area (Å²) in [6.07, 6.45) is 2.49. The van der Waals surface area contributed by atoms with Crippen LogP contribution in [0, 0.1) is 6.92 Å². The number of carbonyl (C=O) groups is 1. The number of rotatable bonds is 8. The van der Waals surface area contributed by atoms with E-state index in [0.29, 0.717) is 13.2 Å². The van der Waals surface area contributed by atoms with Crippen molar-refractivity contribution in [3.05, 3.63) is 77.6 Å². The van der Waals surface area contributed by atoms with Crippen molar-refractivity contribution in [3.63, 3.8) is 0 Å². The highest BCUT2D eigenvalue weighted by molar-refractivity contribution is 5.81. The molecule has 2 aromatic carbocycles. The minimum atomic E-state index is -0.406. The summed E-state index contributed by atoms with van der Waals surface area (Å²) < 4.78 is 16.2. The second kappa shape index (κ2) is 9.52. The van der Waals surface area contributed by atoms with Crippen LogP contribution in [0.4, 0.5) is 0 Å². The molecule has 1 unspecified atom stereocenters. The Hall–Kier alpha value is -2.75. The third-order valence-corrected chi connectivity index (χ3v) is 3.70. The Morgan fingerprint density at radius 1 is 1.16 bits per heavy atom. The van der Waals surface area contributed by atoms with E-state index in [2.05, 4.69) is 0 Å². The van der Waals surface area contributed by atoms with Gasteiger partial charge in [-0.25, -0.2) is 4.79 Å². The number of aryl methyl sites for hydroxylation is 1. The summed E-state index contributed by atoms with van der Waals surface area (Å²) in [5.74, 6) is 0.412. The topological polar surface area (TPSA) is 44.8 Å². The van der Waals surface area contributed by atoms with E-state index in [-0.39, 0.29) is 6.10 Å². The van der Waals surface area contributed by atoms with Crippen molar-refractivity contribution >= 4 is 5.97 Å². The van der Waals surface area contributed by atoms with Crippen molar-refractivity contribution in [3.8, 4) is 5.75 Å². The van der Waals surface area contributed by atoms with Crippen molar-refractivity contribution in [1.29, 1.82) is 0 Å². The van der Waals surface area contributed by atoms with Crippen molar-refractivity contribution in [2.24, 2.45) is 0 Å². The molecule has 25 heavy (non-hydrogen) atoms. The number of benzene rings is 2. The van der Waals surface area contributed by atoms with Gasteiger partial charge in [-0.05, 0) is 49.6 Å². The van der Waals surface area contributed by atoms with Gasteiger partial charge in [0.15, 0.2) is 0 Å². The van der Waals surface area contributed by atoms with Gasteiger partial charge in [-0.2, -0.15) is 0 Å². The first kappa shape index (κ1) is 18.6. The van der Waals surface area contributed by atoms with Gasteiger partial charge in [0.25, 0.3) is 0 Å². The normalized spacial score (nSPS) is 12.0. The number of esters is 1. The Bertz CT molecular complexity index is 707. The average molecular weight is 340 g/mol. The molecule has 0 radical (unpaired) electrons. The maximum Gasteiger partial charge on any atom is 0.333 e. The van der Waals surface area contributed by atoms with E-state index in [9.17, 15) is 4.79 Å². The Morgan fingerprint density at radius 2 is 1.92 bits per heavy atom.